The summed E-state index contributed by atoms with van der Waals surface area (Å²) in [6.07, 6.45) is 2.21. The summed E-state index contributed by atoms with van der Waals surface area (Å²) in [5, 5.41) is 0. The van der Waals surface area contributed by atoms with E-state index in [0.717, 1.165) is 12.8 Å². The molecule has 0 heterocycles. The summed E-state index contributed by atoms with van der Waals surface area (Å²) in [5.74, 6) is 0. The van der Waals surface area contributed by atoms with E-state index in [2.05, 4.69) is 20.8 Å². The molecule has 0 aromatic carbocycles. The molecule has 0 radical (unpaired) electrons. The highest BCUT2D eigenvalue weighted by molar-refractivity contribution is 5.09. The van der Waals surface area contributed by atoms with Crippen LogP contribution in [0.2, 0.25) is 0 Å². The molecule has 0 saturated heterocycles. The monoisotopic (exact) mass is 142 g/mol. The van der Waals surface area contributed by atoms with Crippen molar-refractivity contribution < 1.29 is 0 Å². The van der Waals surface area contributed by atoms with Gasteiger partial charge in [-0.05, 0) is 18.3 Å². The number of rotatable bonds is 1. The number of nitrogens with two attached hydrogens (primary N) is 2. The summed E-state index contributed by atoms with van der Waals surface area (Å²) in [7, 11) is 0. The van der Waals surface area contributed by atoms with Crippen LogP contribution in [0.15, 0.2) is 0 Å². The molecule has 2 heteroatoms. The van der Waals surface area contributed by atoms with E-state index in [4.69, 9.17) is 11.5 Å². The summed E-state index contributed by atoms with van der Waals surface area (Å²) in [6, 6.07) is 0.153. The van der Waals surface area contributed by atoms with Gasteiger partial charge < -0.3 is 11.5 Å². The van der Waals surface area contributed by atoms with Crippen molar-refractivity contribution in [3.63, 3.8) is 0 Å². The van der Waals surface area contributed by atoms with E-state index < -0.39 is 0 Å². The molecule has 4 N–H and O–H groups in total. The van der Waals surface area contributed by atoms with E-state index in [0.29, 0.717) is 0 Å². The highest BCUT2D eigenvalue weighted by Crippen LogP contribution is 2.41. The minimum atomic E-state index is -0.0295. The fourth-order valence-electron chi connectivity index (χ4n) is 1.32. The Morgan fingerprint density at radius 3 is 1.80 bits per heavy atom. The van der Waals surface area contributed by atoms with Crippen LogP contribution in [-0.4, -0.2) is 11.6 Å². The lowest BCUT2D eigenvalue weighted by atomic mass is 9.82. The van der Waals surface area contributed by atoms with Crippen molar-refractivity contribution in [2.75, 3.05) is 0 Å². The molecule has 10 heavy (non-hydrogen) atoms. The maximum absolute atomic E-state index is 5.97. The van der Waals surface area contributed by atoms with Crippen molar-refractivity contribution in [3.8, 4) is 0 Å². The van der Waals surface area contributed by atoms with E-state index in [1.54, 1.807) is 0 Å². The molecule has 1 rings (SSSR count). The summed E-state index contributed by atoms with van der Waals surface area (Å²) in [4.78, 5) is 0. The van der Waals surface area contributed by atoms with E-state index in [1.165, 1.54) is 0 Å². The first-order valence-corrected chi connectivity index (χ1v) is 3.91. The van der Waals surface area contributed by atoms with Gasteiger partial charge >= 0.3 is 0 Å². The molecule has 1 unspecified atom stereocenters. The lowest BCUT2D eigenvalue weighted by molar-refractivity contribution is 0.270. The summed E-state index contributed by atoms with van der Waals surface area (Å²) in [5.41, 5.74) is 12.0. The SMILES string of the molecule is CC(C)(C)C(N)C1(N)CC1. The topological polar surface area (TPSA) is 52.0 Å². The Labute approximate surface area is 63.0 Å². The van der Waals surface area contributed by atoms with E-state index in [1.807, 2.05) is 0 Å². The van der Waals surface area contributed by atoms with Crippen molar-refractivity contribution in [2.24, 2.45) is 16.9 Å². The van der Waals surface area contributed by atoms with Crippen LogP contribution in [0, 0.1) is 5.41 Å². The van der Waals surface area contributed by atoms with Crippen LogP contribution < -0.4 is 11.5 Å². The first-order chi connectivity index (χ1) is 4.36. The third kappa shape index (κ3) is 1.32. The smallest absolute Gasteiger partial charge is 0.0314 e. The first-order valence-electron chi connectivity index (χ1n) is 3.91. The van der Waals surface area contributed by atoms with Gasteiger partial charge in [0.05, 0.1) is 0 Å². The normalized spacial score (nSPS) is 26.1. The van der Waals surface area contributed by atoms with Gasteiger partial charge in [0.2, 0.25) is 0 Å². The van der Waals surface area contributed by atoms with Crippen LogP contribution >= 0.6 is 0 Å². The largest absolute Gasteiger partial charge is 0.326 e. The maximum atomic E-state index is 5.97. The Kier molecular flexibility index (Phi) is 1.57. The fraction of sp³-hybridized carbons (Fsp3) is 1.00. The van der Waals surface area contributed by atoms with Crippen LogP contribution in [-0.2, 0) is 0 Å². The quantitative estimate of drug-likeness (QED) is 0.570. The van der Waals surface area contributed by atoms with Crippen molar-refractivity contribution in [2.45, 2.75) is 45.2 Å². The summed E-state index contributed by atoms with van der Waals surface area (Å²) >= 11 is 0. The fourth-order valence-corrected chi connectivity index (χ4v) is 1.32. The second kappa shape index (κ2) is 1.95. The zero-order chi connectivity index (χ0) is 7.99. The molecule has 0 aliphatic heterocycles. The molecule has 2 nitrogen and oxygen atoms in total. The van der Waals surface area contributed by atoms with Gasteiger partial charge in [-0.2, -0.15) is 0 Å². The molecule has 1 aliphatic carbocycles. The average molecular weight is 142 g/mol. The Hall–Kier alpha value is -0.0800. The molecular formula is C8H18N2. The molecule has 0 aromatic rings. The summed E-state index contributed by atoms with van der Waals surface area (Å²) < 4.78 is 0. The van der Waals surface area contributed by atoms with Crippen LogP contribution in [0.25, 0.3) is 0 Å². The Morgan fingerprint density at radius 2 is 1.70 bits per heavy atom. The van der Waals surface area contributed by atoms with Crippen LogP contribution in [0.5, 0.6) is 0 Å². The van der Waals surface area contributed by atoms with Gasteiger partial charge in [0.25, 0.3) is 0 Å². The van der Waals surface area contributed by atoms with Crippen LogP contribution in [0.4, 0.5) is 0 Å². The lowest BCUT2D eigenvalue weighted by Crippen LogP contribution is -2.51. The minimum absolute atomic E-state index is 0.0295. The molecule has 60 valence electrons. The van der Waals surface area contributed by atoms with Crippen molar-refractivity contribution >= 4 is 0 Å². The second-order valence-corrected chi connectivity index (χ2v) is 4.58. The van der Waals surface area contributed by atoms with Crippen LogP contribution in [0.1, 0.15) is 33.6 Å². The second-order valence-electron chi connectivity index (χ2n) is 4.58. The van der Waals surface area contributed by atoms with Crippen molar-refractivity contribution in [1.29, 1.82) is 0 Å². The van der Waals surface area contributed by atoms with E-state index >= 15 is 0 Å². The average Bonchev–Trinajstić information content (AvgIpc) is 2.45. The first kappa shape index (κ1) is 8.02. The predicted octanol–water partition coefficient (Wildman–Crippen LogP) is 0.851. The molecule has 0 spiro atoms. The predicted molar refractivity (Wildman–Crippen MR) is 43.6 cm³/mol. The molecule has 1 saturated carbocycles. The zero-order valence-electron chi connectivity index (χ0n) is 7.15. The molecule has 1 atom stereocenters. The van der Waals surface area contributed by atoms with Crippen molar-refractivity contribution in [1.82, 2.24) is 0 Å². The van der Waals surface area contributed by atoms with Gasteiger partial charge in [-0.25, -0.2) is 0 Å². The van der Waals surface area contributed by atoms with E-state index in [9.17, 15) is 0 Å². The van der Waals surface area contributed by atoms with Gasteiger partial charge in [0.1, 0.15) is 0 Å². The highest BCUT2D eigenvalue weighted by Gasteiger charge is 2.48. The lowest BCUT2D eigenvalue weighted by Gasteiger charge is -2.32. The Bertz CT molecular complexity index is 125. The third-order valence-corrected chi connectivity index (χ3v) is 2.38. The zero-order valence-corrected chi connectivity index (χ0v) is 7.15. The molecular weight excluding hydrogens is 124 g/mol. The van der Waals surface area contributed by atoms with Gasteiger partial charge in [-0.3, -0.25) is 0 Å². The summed E-state index contributed by atoms with van der Waals surface area (Å²) in [6.45, 7) is 6.43. The van der Waals surface area contributed by atoms with Gasteiger partial charge in [0.15, 0.2) is 0 Å². The molecule has 0 aromatic heterocycles. The maximum Gasteiger partial charge on any atom is 0.0314 e. The number of hydrogen-bond acceptors (Lipinski definition) is 2. The van der Waals surface area contributed by atoms with Gasteiger partial charge in [-0.15, -0.1) is 0 Å². The standard InChI is InChI=1S/C8H18N2/c1-7(2,3)6(9)8(10)4-5-8/h6H,4-5,9-10H2,1-3H3. The Balaban J connectivity index is 2.57. The highest BCUT2D eigenvalue weighted by atomic mass is 14.9. The molecule has 0 amide bonds. The van der Waals surface area contributed by atoms with Crippen LogP contribution in [0.3, 0.4) is 0 Å². The van der Waals surface area contributed by atoms with E-state index in [-0.39, 0.29) is 17.0 Å². The van der Waals surface area contributed by atoms with Gasteiger partial charge in [-0.1, -0.05) is 20.8 Å². The number of hydrogen-bond donors (Lipinski definition) is 2. The minimum Gasteiger partial charge on any atom is -0.326 e. The Morgan fingerprint density at radius 1 is 1.30 bits per heavy atom. The molecule has 1 fully saturated rings. The molecule has 0 bridgehead atoms. The molecule has 1 aliphatic rings. The third-order valence-electron chi connectivity index (χ3n) is 2.38. The van der Waals surface area contributed by atoms with Crippen molar-refractivity contribution in [3.05, 3.63) is 0 Å². The van der Waals surface area contributed by atoms with Gasteiger partial charge in [0, 0.05) is 11.6 Å².